The van der Waals surface area contributed by atoms with Crippen LogP contribution >= 0.6 is 0 Å². The molecule has 252 valence electrons. The summed E-state index contributed by atoms with van der Waals surface area (Å²) in [7, 11) is 0. The van der Waals surface area contributed by atoms with E-state index in [-0.39, 0.29) is 0 Å². The van der Waals surface area contributed by atoms with Crippen LogP contribution in [-0.4, -0.2) is 0 Å². The molecule has 0 amide bonds. The van der Waals surface area contributed by atoms with Crippen LogP contribution in [0.25, 0.3) is 55.3 Å². The van der Waals surface area contributed by atoms with Gasteiger partial charge in [0.15, 0.2) is 0 Å². The predicted octanol–water partition coefficient (Wildman–Crippen LogP) is 14.0. The third-order valence-electron chi connectivity index (χ3n) is 11.7. The van der Waals surface area contributed by atoms with Gasteiger partial charge < -0.3 is 4.90 Å². The first-order chi connectivity index (χ1) is 26.8. The van der Waals surface area contributed by atoms with Crippen LogP contribution in [0.3, 0.4) is 0 Å². The van der Waals surface area contributed by atoms with Crippen molar-refractivity contribution in [3.63, 3.8) is 0 Å². The molecule has 0 fully saturated rings. The topological polar surface area (TPSA) is 3.24 Å². The van der Waals surface area contributed by atoms with E-state index in [9.17, 15) is 0 Å². The maximum Gasteiger partial charge on any atom is 0.0732 e. The molecule has 9 aromatic carbocycles. The molecule has 54 heavy (non-hydrogen) atoms. The van der Waals surface area contributed by atoms with Crippen molar-refractivity contribution in [1.29, 1.82) is 0 Å². The number of nitrogens with zero attached hydrogens (tertiary/aromatic N) is 1. The highest BCUT2D eigenvalue weighted by atomic mass is 15.1. The average molecular weight is 686 g/mol. The molecule has 0 heterocycles. The lowest BCUT2D eigenvalue weighted by Gasteiger charge is -2.33. The summed E-state index contributed by atoms with van der Waals surface area (Å²) < 4.78 is 0. The molecule has 0 radical (unpaired) electrons. The number of rotatable bonds is 5. The fourth-order valence-electron chi connectivity index (χ4n) is 9.38. The lowest BCUT2D eigenvalue weighted by atomic mass is 9.69. The fraction of sp³-hybridized carbons (Fsp3) is 0.0189. The number of benzene rings is 9. The van der Waals surface area contributed by atoms with Crippen molar-refractivity contribution in [2.45, 2.75) is 5.41 Å². The fourth-order valence-corrected chi connectivity index (χ4v) is 9.38. The molecule has 1 heteroatoms. The summed E-state index contributed by atoms with van der Waals surface area (Å²) in [5.41, 5.74) is 18.3. The summed E-state index contributed by atoms with van der Waals surface area (Å²) in [6.45, 7) is 0. The zero-order valence-corrected chi connectivity index (χ0v) is 29.7. The zero-order valence-electron chi connectivity index (χ0n) is 29.7. The zero-order chi connectivity index (χ0) is 35.6. The van der Waals surface area contributed by atoms with Gasteiger partial charge in [-0.25, -0.2) is 0 Å². The molecular weight excluding hydrogens is 651 g/mol. The number of anilines is 3. The maximum atomic E-state index is 2.49. The molecule has 9 aromatic rings. The van der Waals surface area contributed by atoms with Crippen molar-refractivity contribution < 1.29 is 0 Å². The average Bonchev–Trinajstić information content (AvgIpc) is 3.72. The highest BCUT2D eigenvalue weighted by Gasteiger charge is 2.52. The highest BCUT2D eigenvalue weighted by molar-refractivity contribution is 6.04. The Morgan fingerprint density at radius 2 is 0.815 bits per heavy atom. The Kier molecular flexibility index (Phi) is 6.84. The quantitative estimate of drug-likeness (QED) is 0.174. The van der Waals surface area contributed by atoms with Gasteiger partial charge in [-0.2, -0.15) is 0 Å². The highest BCUT2D eigenvalue weighted by Crippen LogP contribution is 2.64. The van der Waals surface area contributed by atoms with Crippen molar-refractivity contribution in [2.24, 2.45) is 0 Å². The Labute approximate surface area is 316 Å². The van der Waals surface area contributed by atoms with E-state index < -0.39 is 5.41 Å². The third kappa shape index (κ3) is 4.45. The molecule has 1 atom stereocenters. The van der Waals surface area contributed by atoms with E-state index in [4.69, 9.17) is 0 Å². The molecular formula is C53H35N. The molecule has 0 saturated carbocycles. The molecule has 1 nitrogen and oxygen atoms in total. The monoisotopic (exact) mass is 685 g/mol. The second-order valence-electron chi connectivity index (χ2n) is 14.4. The molecule has 0 bridgehead atoms. The van der Waals surface area contributed by atoms with Crippen LogP contribution in [-0.2, 0) is 5.41 Å². The molecule has 1 spiro atoms. The minimum atomic E-state index is -0.469. The SMILES string of the molecule is c1ccc(-c2ccc(N(c3cccc(-c4ccccc4)c3)c3ccc4c(c3)C3(c5ccccc5-4)c4ccccc4-c4ccc5ccccc5c43)cc2)cc1. The summed E-state index contributed by atoms with van der Waals surface area (Å²) in [5.74, 6) is 0. The second kappa shape index (κ2) is 12.0. The predicted molar refractivity (Wildman–Crippen MR) is 226 cm³/mol. The van der Waals surface area contributed by atoms with Gasteiger partial charge in [-0.3, -0.25) is 0 Å². The van der Waals surface area contributed by atoms with Gasteiger partial charge in [0, 0.05) is 17.1 Å². The van der Waals surface area contributed by atoms with Gasteiger partial charge in [-0.1, -0.05) is 176 Å². The summed E-state index contributed by atoms with van der Waals surface area (Å²) in [6, 6.07) is 78.2. The van der Waals surface area contributed by atoms with Gasteiger partial charge in [-0.05, 0) is 114 Å². The molecule has 0 aromatic heterocycles. The van der Waals surface area contributed by atoms with Crippen LogP contribution in [0.2, 0.25) is 0 Å². The first-order valence-corrected chi connectivity index (χ1v) is 18.8. The lowest BCUT2D eigenvalue weighted by molar-refractivity contribution is 0.801. The van der Waals surface area contributed by atoms with Crippen LogP contribution in [0.5, 0.6) is 0 Å². The minimum absolute atomic E-state index is 0.469. The van der Waals surface area contributed by atoms with Crippen molar-refractivity contribution in [3.05, 3.63) is 235 Å². The maximum absolute atomic E-state index is 2.49. The lowest BCUT2D eigenvalue weighted by Crippen LogP contribution is -2.26. The summed E-state index contributed by atoms with van der Waals surface area (Å²) in [4.78, 5) is 2.43. The van der Waals surface area contributed by atoms with E-state index in [2.05, 4.69) is 217 Å². The van der Waals surface area contributed by atoms with Gasteiger partial charge in [0.05, 0.1) is 5.41 Å². The minimum Gasteiger partial charge on any atom is -0.310 e. The second-order valence-corrected chi connectivity index (χ2v) is 14.4. The van der Waals surface area contributed by atoms with E-state index in [1.165, 1.54) is 77.5 Å². The summed E-state index contributed by atoms with van der Waals surface area (Å²) >= 11 is 0. The Morgan fingerprint density at radius 1 is 0.296 bits per heavy atom. The molecule has 2 aliphatic carbocycles. The normalized spacial score (nSPS) is 14.7. The van der Waals surface area contributed by atoms with Gasteiger partial charge >= 0.3 is 0 Å². The van der Waals surface area contributed by atoms with Crippen molar-refractivity contribution in [2.75, 3.05) is 4.90 Å². The van der Waals surface area contributed by atoms with Crippen molar-refractivity contribution in [1.82, 2.24) is 0 Å². The van der Waals surface area contributed by atoms with Gasteiger partial charge in [-0.15, -0.1) is 0 Å². The van der Waals surface area contributed by atoms with Crippen LogP contribution < -0.4 is 4.90 Å². The van der Waals surface area contributed by atoms with Crippen LogP contribution in [0.1, 0.15) is 22.3 Å². The standard InChI is InChI=1S/C53H35N/c1-3-14-36(15-4-1)38-26-29-41(30-27-38)54(42-20-13-19-40(34-42)37-16-5-2-6-17-37)43-31-33-47-45-22-9-11-24-49(45)53(51(47)35-43)50-25-12-10-23-46(50)48-32-28-39-18-7-8-21-44(39)52(48)53/h1-35H. The Balaban J connectivity index is 1.18. The van der Waals surface area contributed by atoms with Crippen molar-refractivity contribution >= 4 is 27.8 Å². The van der Waals surface area contributed by atoms with Crippen LogP contribution in [0.15, 0.2) is 212 Å². The number of fused-ring (bicyclic) bond motifs is 12. The number of hydrogen-bond acceptors (Lipinski definition) is 1. The van der Waals surface area contributed by atoms with Crippen LogP contribution in [0, 0.1) is 0 Å². The third-order valence-corrected chi connectivity index (χ3v) is 11.7. The molecule has 11 rings (SSSR count). The smallest absolute Gasteiger partial charge is 0.0732 e. The molecule has 2 aliphatic rings. The van der Waals surface area contributed by atoms with Crippen LogP contribution in [0.4, 0.5) is 17.1 Å². The molecule has 0 N–H and O–H groups in total. The van der Waals surface area contributed by atoms with Gasteiger partial charge in [0.1, 0.15) is 0 Å². The first kappa shape index (κ1) is 30.6. The largest absolute Gasteiger partial charge is 0.310 e. The molecule has 0 aliphatic heterocycles. The van der Waals surface area contributed by atoms with Gasteiger partial charge in [0.2, 0.25) is 0 Å². The Morgan fingerprint density at radius 3 is 1.56 bits per heavy atom. The summed E-state index contributed by atoms with van der Waals surface area (Å²) in [5, 5.41) is 2.58. The van der Waals surface area contributed by atoms with E-state index in [1.807, 2.05) is 0 Å². The summed E-state index contributed by atoms with van der Waals surface area (Å²) in [6.07, 6.45) is 0. The molecule has 0 saturated heterocycles. The van der Waals surface area contributed by atoms with Gasteiger partial charge in [0.25, 0.3) is 0 Å². The molecule has 1 unspecified atom stereocenters. The first-order valence-electron chi connectivity index (χ1n) is 18.8. The van der Waals surface area contributed by atoms with E-state index in [1.54, 1.807) is 0 Å². The van der Waals surface area contributed by atoms with E-state index in [0.29, 0.717) is 0 Å². The Hall–Kier alpha value is -6.96. The Bertz CT molecular complexity index is 2860. The van der Waals surface area contributed by atoms with Crippen molar-refractivity contribution in [3.8, 4) is 44.5 Å². The van der Waals surface area contributed by atoms with E-state index >= 15 is 0 Å². The number of hydrogen-bond donors (Lipinski definition) is 0. The van der Waals surface area contributed by atoms with E-state index in [0.717, 1.165) is 17.1 Å².